The van der Waals surface area contributed by atoms with Gasteiger partial charge in [0.1, 0.15) is 5.54 Å². The first-order valence-electron chi connectivity index (χ1n) is 4.70. The second-order valence-electron chi connectivity index (χ2n) is 3.93. The number of carbonyl (C=O) groups excluding carboxylic acids is 1. The molecule has 1 N–H and O–H groups in total. The summed E-state index contributed by atoms with van der Waals surface area (Å²) in [5, 5.41) is 9.50. The predicted molar refractivity (Wildman–Crippen MR) is 46.2 cm³/mol. The molecule has 2 heterocycles. The Morgan fingerprint density at radius 3 is 3.15 bits per heavy atom. The van der Waals surface area contributed by atoms with Crippen molar-refractivity contribution in [2.75, 3.05) is 20.2 Å². The van der Waals surface area contributed by atoms with Crippen LogP contribution in [0.15, 0.2) is 0 Å². The Morgan fingerprint density at radius 2 is 2.46 bits per heavy atom. The van der Waals surface area contributed by atoms with Crippen molar-refractivity contribution in [3.63, 3.8) is 0 Å². The van der Waals surface area contributed by atoms with E-state index in [1.165, 1.54) is 7.11 Å². The van der Waals surface area contributed by atoms with Crippen molar-refractivity contribution in [1.82, 2.24) is 4.90 Å². The minimum Gasteiger partial charge on any atom is -0.468 e. The zero-order valence-corrected chi connectivity index (χ0v) is 7.82. The van der Waals surface area contributed by atoms with E-state index < -0.39 is 5.54 Å². The molecule has 2 fully saturated rings. The number of nitrogens with zero attached hydrogens (tertiary/aromatic N) is 1. The van der Waals surface area contributed by atoms with Crippen molar-refractivity contribution in [2.24, 2.45) is 0 Å². The number of ether oxygens (including phenoxy) is 1. The maximum atomic E-state index is 11.6. The summed E-state index contributed by atoms with van der Waals surface area (Å²) in [7, 11) is 1.41. The lowest BCUT2D eigenvalue weighted by Gasteiger charge is -2.27. The minimum absolute atomic E-state index is 0.179. The number of aliphatic hydroxyl groups is 1. The first kappa shape index (κ1) is 8.97. The summed E-state index contributed by atoms with van der Waals surface area (Å²) in [6.07, 6.45) is 2.04. The maximum Gasteiger partial charge on any atom is 0.326 e. The highest BCUT2D eigenvalue weighted by atomic mass is 16.5. The van der Waals surface area contributed by atoms with Crippen molar-refractivity contribution in [3.8, 4) is 0 Å². The quantitative estimate of drug-likeness (QED) is 0.573. The molecule has 74 valence electrons. The van der Waals surface area contributed by atoms with Crippen LogP contribution in [0.4, 0.5) is 0 Å². The van der Waals surface area contributed by atoms with Gasteiger partial charge in [-0.25, -0.2) is 0 Å². The molecule has 0 aromatic rings. The third-order valence-electron chi connectivity index (χ3n) is 3.19. The first-order chi connectivity index (χ1) is 6.19. The van der Waals surface area contributed by atoms with Crippen LogP contribution in [0, 0.1) is 0 Å². The summed E-state index contributed by atoms with van der Waals surface area (Å²) < 4.78 is 4.80. The predicted octanol–water partition coefficient (Wildman–Crippen LogP) is -0.241. The molecule has 0 aromatic heterocycles. The van der Waals surface area contributed by atoms with Gasteiger partial charge in [-0.3, -0.25) is 9.69 Å². The summed E-state index contributed by atoms with van der Waals surface area (Å²) in [6.45, 7) is 1.53. The zero-order valence-electron chi connectivity index (χ0n) is 7.82. The van der Waals surface area contributed by atoms with Gasteiger partial charge in [-0.15, -0.1) is 0 Å². The number of esters is 1. The van der Waals surface area contributed by atoms with Crippen LogP contribution in [0.1, 0.15) is 19.3 Å². The van der Waals surface area contributed by atoms with Crippen LogP contribution in [-0.4, -0.2) is 47.8 Å². The van der Waals surface area contributed by atoms with Gasteiger partial charge in [0.05, 0.1) is 13.2 Å². The van der Waals surface area contributed by atoms with Crippen molar-refractivity contribution in [1.29, 1.82) is 0 Å². The van der Waals surface area contributed by atoms with Crippen LogP contribution >= 0.6 is 0 Å². The van der Waals surface area contributed by atoms with Crippen molar-refractivity contribution in [3.05, 3.63) is 0 Å². The molecule has 13 heavy (non-hydrogen) atoms. The molecule has 0 saturated carbocycles. The lowest BCUT2D eigenvalue weighted by atomic mass is 9.93. The molecule has 2 aliphatic heterocycles. The molecule has 0 aromatic carbocycles. The molecule has 2 rings (SSSR count). The van der Waals surface area contributed by atoms with E-state index in [0.717, 1.165) is 19.4 Å². The summed E-state index contributed by atoms with van der Waals surface area (Å²) in [5.41, 5.74) is -0.492. The topological polar surface area (TPSA) is 49.8 Å². The number of hydrogen-bond acceptors (Lipinski definition) is 4. The van der Waals surface area contributed by atoms with Gasteiger partial charge in [0.15, 0.2) is 0 Å². The Balaban J connectivity index is 2.23. The normalized spacial score (nSPS) is 39.1. The van der Waals surface area contributed by atoms with Gasteiger partial charge in [0.25, 0.3) is 0 Å². The highest BCUT2D eigenvalue weighted by molar-refractivity contribution is 5.81. The molecule has 0 amide bonds. The van der Waals surface area contributed by atoms with Gasteiger partial charge in [0.2, 0.25) is 0 Å². The Kier molecular flexibility index (Phi) is 2.04. The molecule has 4 nitrogen and oxygen atoms in total. The van der Waals surface area contributed by atoms with Gasteiger partial charge in [-0.1, -0.05) is 0 Å². The number of hydrogen-bond donors (Lipinski definition) is 1. The molecule has 0 spiro atoms. The van der Waals surface area contributed by atoms with E-state index in [-0.39, 0.29) is 12.1 Å². The monoisotopic (exact) mass is 185 g/mol. The van der Waals surface area contributed by atoms with Crippen LogP contribution in [0.5, 0.6) is 0 Å². The summed E-state index contributed by atoms with van der Waals surface area (Å²) in [6, 6.07) is 0. The van der Waals surface area contributed by atoms with E-state index in [1.54, 1.807) is 0 Å². The molecule has 4 heteroatoms. The van der Waals surface area contributed by atoms with Crippen molar-refractivity contribution >= 4 is 5.97 Å². The van der Waals surface area contributed by atoms with Crippen LogP contribution in [-0.2, 0) is 9.53 Å². The highest BCUT2D eigenvalue weighted by Gasteiger charge is 2.54. The molecule has 0 unspecified atom stereocenters. The molecule has 0 bridgehead atoms. The van der Waals surface area contributed by atoms with Crippen molar-refractivity contribution < 1.29 is 14.6 Å². The van der Waals surface area contributed by atoms with Gasteiger partial charge in [0, 0.05) is 13.0 Å². The third kappa shape index (κ3) is 1.16. The first-order valence-corrected chi connectivity index (χ1v) is 4.70. The van der Waals surface area contributed by atoms with Crippen LogP contribution in [0.25, 0.3) is 0 Å². The van der Waals surface area contributed by atoms with Crippen LogP contribution in [0.2, 0.25) is 0 Å². The molecule has 2 atom stereocenters. The Hall–Kier alpha value is -0.610. The van der Waals surface area contributed by atoms with E-state index >= 15 is 0 Å². The van der Waals surface area contributed by atoms with Crippen LogP contribution in [0.3, 0.4) is 0 Å². The number of aliphatic hydroxyl groups excluding tert-OH is 1. The van der Waals surface area contributed by atoms with Gasteiger partial charge < -0.3 is 9.84 Å². The molecule has 0 radical (unpaired) electrons. The second kappa shape index (κ2) is 2.96. The van der Waals surface area contributed by atoms with E-state index in [9.17, 15) is 9.90 Å². The fourth-order valence-corrected chi connectivity index (χ4v) is 2.64. The molecule has 2 aliphatic rings. The van der Waals surface area contributed by atoms with Gasteiger partial charge >= 0.3 is 5.97 Å². The number of rotatable bonds is 1. The SMILES string of the molecule is COC(=O)[C@]12CCCN1C[C@H](O)C2. The largest absolute Gasteiger partial charge is 0.468 e. The van der Waals surface area contributed by atoms with Gasteiger partial charge in [-0.05, 0) is 19.4 Å². The van der Waals surface area contributed by atoms with Crippen molar-refractivity contribution in [2.45, 2.75) is 30.9 Å². The lowest BCUT2D eigenvalue weighted by Crippen LogP contribution is -2.46. The van der Waals surface area contributed by atoms with E-state index in [4.69, 9.17) is 4.74 Å². The Bertz CT molecular complexity index is 231. The number of β-amino-alcohol motifs (C(OH)–C–C–N with tert-alkyl or cyclic N) is 1. The number of fused-ring (bicyclic) bond motifs is 1. The van der Waals surface area contributed by atoms with E-state index in [2.05, 4.69) is 4.90 Å². The third-order valence-corrected chi connectivity index (χ3v) is 3.19. The fourth-order valence-electron chi connectivity index (χ4n) is 2.64. The average molecular weight is 185 g/mol. The molecular formula is C9H15NO3. The maximum absolute atomic E-state index is 11.6. The van der Waals surface area contributed by atoms with Gasteiger partial charge in [-0.2, -0.15) is 0 Å². The lowest BCUT2D eigenvalue weighted by molar-refractivity contribution is -0.151. The summed E-state index contributed by atoms with van der Waals surface area (Å²) in [5.74, 6) is -0.179. The molecular weight excluding hydrogens is 170 g/mol. The second-order valence-corrected chi connectivity index (χ2v) is 3.93. The van der Waals surface area contributed by atoms with E-state index in [0.29, 0.717) is 13.0 Å². The molecule has 2 saturated heterocycles. The highest BCUT2D eigenvalue weighted by Crippen LogP contribution is 2.39. The Labute approximate surface area is 77.5 Å². The van der Waals surface area contributed by atoms with Crippen LogP contribution < -0.4 is 0 Å². The zero-order chi connectivity index (χ0) is 9.47. The fraction of sp³-hybridized carbons (Fsp3) is 0.889. The minimum atomic E-state index is -0.492. The smallest absolute Gasteiger partial charge is 0.326 e. The Morgan fingerprint density at radius 1 is 1.69 bits per heavy atom. The molecule has 0 aliphatic carbocycles. The average Bonchev–Trinajstić information content (AvgIpc) is 2.59. The summed E-state index contributed by atoms with van der Waals surface area (Å²) >= 11 is 0. The number of methoxy groups -OCH3 is 1. The number of carbonyl (C=O) groups is 1. The van der Waals surface area contributed by atoms with E-state index in [1.807, 2.05) is 0 Å². The summed E-state index contributed by atoms with van der Waals surface area (Å²) in [4.78, 5) is 13.6. The standard InChI is InChI=1S/C9H15NO3/c1-13-8(12)9-3-2-4-10(9)6-7(11)5-9/h7,11H,2-6H2,1H3/t7-,9-/m1/s1.